The molecule has 0 fully saturated rings. The number of carbonyl (C=O) groups excluding carboxylic acids is 2. The van der Waals surface area contributed by atoms with Crippen LogP contribution in [0, 0.1) is 6.92 Å². The largest absolute Gasteiger partial charge is 0.573 e. The summed E-state index contributed by atoms with van der Waals surface area (Å²) in [5.41, 5.74) is 2.09. The fourth-order valence-electron chi connectivity index (χ4n) is 3.95. The number of alkyl halides is 3. The van der Waals surface area contributed by atoms with Gasteiger partial charge in [-0.05, 0) is 24.6 Å². The van der Waals surface area contributed by atoms with Crippen molar-refractivity contribution in [2.24, 2.45) is 0 Å². The number of benzene rings is 2. The van der Waals surface area contributed by atoms with Crippen LogP contribution >= 0.6 is 0 Å². The van der Waals surface area contributed by atoms with Crippen LogP contribution in [0.2, 0.25) is 0 Å². The average molecular weight is 452 g/mol. The predicted molar refractivity (Wildman–Crippen MR) is 112 cm³/mol. The molecule has 0 radical (unpaired) electrons. The Hall–Kier alpha value is -4.21. The molecule has 1 aliphatic rings. The number of carbonyl (C=O) groups is 2. The third-order valence-electron chi connectivity index (χ3n) is 5.27. The number of rotatable bonds is 4. The van der Waals surface area contributed by atoms with Crippen LogP contribution in [-0.2, 0) is 6.54 Å². The number of anilines is 1. The predicted octanol–water partition coefficient (Wildman–Crippen LogP) is 4.49. The van der Waals surface area contributed by atoms with Gasteiger partial charge in [-0.1, -0.05) is 36.4 Å². The zero-order valence-electron chi connectivity index (χ0n) is 17.1. The highest BCUT2D eigenvalue weighted by molar-refractivity contribution is 6.37. The second-order valence-electron chi connectivity index (χ2n) is 7.47. The third-order valence-corrected chi connectivity index (χ3v) is 5.27. The normalized spacial score (nSPS) is 13.6. The molecule has 0 saturated heterocycles. The van der Waals surface area contributed by atoms with Gasteiger partial charge in [-0.25, -0.2) is 14.6 Å². The van der Waals surface area contributed by atoms with Crippen LogP contribution < -0.4 is 9.64 Å². The molecule has 0 spiro atoms. The maximum absolute atomic E-state index is 13.3. The lowest BCUT2D eigenvalue weighted by molar-refractivity contribution is -0.274. The number of amides is 2. The zero-order valence-corrected chi connectivity index (χ0v) is 17.1. The molecule has 0 atom stereocenters. The van der Waals surface area contributed by atoms with E-state index in [2.05, 4.69) is 14.8 Å². The van der Waals surface area contributed by atoms with E-state index in [9.17, 15) is 22.8 Å². The van der Waals surface area contributed by atoms with E-state index in [0.717, 1.165) is 22.6 Å². The van der Waals surface area contributed by atoms with Crippen molar-refractivity contribution < 1.29 is 27.5 Å². The fraction of sp³-hybridized carbons (Fsp3) is 0.130. The van der Waals surface area contributed by atoms with E-state index in [4.69, 9.17) is 0 Å². The van der Waals surface area contributed by atoms with Gasteiger partial charge < -0.3 is 4.74 Å². The Morgan fingerprint density at radius 2 is 1.76 bits per heavy atom. The quantitative estimate of drug-likeness (QED) is 0.427. The Balaban J connectivity index is 1.57. The van der Waals surface area contributed by atoms with E-state index in [0.29, 0.717) is 23.3 Å². The summed E-state index contributed by atoms with van der Waals surface area (Å²) in [7, 11) is 0. The monoisotopic (exact) mass is 452 g/mol. The molecule has 7 nitrogen and oxygen atoms in total. The number of ether oxygens (including phenoxy) is 1. The molecule has 2 aromatic carbocycles. The summed E-state index contributed by atoms with van der Waals surface area (Å²) in [5.74, 6) is -1.87. The van der Waals surface area contributed by atoms with E-state index < -0.39 is 23.9 Å². The molecule has 0 saturated carbocycles. The van der Waals surface area contributed by atoms with Crippen LogP contribution in [0.15, 0.2) is 60.8 Å². The Morgan fingerprint density at radius 1 is 1.00 bits per heavy atom. The molecule has 0 unspecified atom stereocenters. The minimum atomic E-state index is -4.90. The summed E-state index contributed by atoms with van der Waals surface area (Å²) >= 11 is 0. The van der Waals surface area contributed by atoms with Crippen molar-refractivity contribution in [3.05, 3.63) is 83.2 Å². The third kappa shape index (κ3) is 3.59. The number of fused-ring (bicyclic) bond motifs is 3. The van der Waals surface area contributed by atoms with Crippen LogP contribution in [-0.4, -0.2) is 32.9 Å². The SMILES string of the molecule is Cc1nn(Cc2ccccc2)c2ncc3c(c12)C(=O)N(c1cccc(OC(F)(F)F)c1)C3=O. The number of hydrogen-bond acceptors (Lipinski definition) is 5. The molecular formula is C23H15F3N4O3. The second-order valence-corrected chi connectivity index (χ2v) is 7.47. The standard InChI is InChI=1S/C23H15F3N4O3/c1-13-18-19-17(11-27-20(18)29(28-13)12-14-6-3-2-4-7-14)21(31)30(22(19)32)15-8-5-9-16(10-15)33-23(24,25)26/h2-11H,12H2,1H3. The highest BCUT2D eigenvalue weighted by Crippen LogP contribution is 2.35. The molecule has 166 valence electrons. The molecule has 10 heteroatoms. The molecule has 0 bridgehead atoms. The maximum atomic E-state index is 13.3. The summed E-state index contributed by atoms with van der Waals surface area (Å²) in [4.78, 5) is 31.5. The Morgan fingerprint density at radius 3 is 2.48 bits per heavy atom. The van der Waals surface area contributed by atoms with Gasteiger partial charge in [-0.15, -0.1) is 13.2 Å². The van der Waals surface area contributed by atoms with E-state index in [-0.39, 0.29) is 16.8 Å². The first-order valence-corrected chi connectivity index (χ1v) is 9.87. The van der Waals surface area contributed by atoms with Gasteiger partial charge in [-0.2, -0.15) is 5.10 Å². The molecule has 5 rings (SSSR count). The van der Waals surface area contributed by atoms with Crippen molar-refractivity contribution in [1.29, 1.82) is 0 Å². The minimum Gasteiger partial charge on any atom is -0.406 e. The maximum Gasteiger partial charge on any atom is 0.573 e. The van der Waals surface area contributed by atoms with Gasteiger partial charge in [0.05, 0.1) is 34.4 Å². The first kappa shape index (κ1) is 20.7. The molecule has 2 aromatic heterocycles. The van der Waals surface area contributed by atoms with Gasteiger partial charge in [0.25, 0.3) is 11.8 Å². The van der Waals surface area contributed by atoms with Crippen LogP contribution in [0.25, 0.3) is 11.0 Å². The van der Waals surface area contributed by atoms with Crippen molar-refractivity contribution in [1.82, 2.24) is 14.8 Å². The summed E-state index contributed by atoms with van der Waals surface area (Å²) in [6.45, 7) is 2.13. The fourth-order valence-corrected chi connectivity index (χ4v) is 3.95. The Bertz CT molecular complexity index is 1410. The number of pyridine rings is 1. The zero-order chi connectivity index (χ0) is 23.3. The highest BCUT2D eigenvalue weighted by Gasteiger charge is 2.40. The topological polar surface area (TPSA) is 77.3 Å². The first-order chi connectivity index (χ1) is 15.7. The second kappa shape index (κ2) is 7.44. The average Bonchev–Trinajstić information content (AvgIpc) is 3.21. The summed E-state index contributed by atoms with van der Waals surface area (Å²) in [6, 6.07) is 14.3. The van der Waals surface area contributed by atoms with E-state index in [1.807, 2.05) is 30.3 Å². The summed E-state index contributed by atoms with van der Waals surface area (Å²) < 4.78 is 43.4. The smallest absolute Gasteiger partial charge is 0.406 e. The van der Waals surface area contributed by atoms with Gasteiger partial charge in [0.15, 0.2) is 5.65 Å². The van der Waals surface area contributed by atoms with Crippen molar-refractivity contribution >= 4 is 28.5 Å². The van der Waals surface area contributed by atoms with Crippen LogP contribution in [0.4, 0.5) is 18.9 Å². The van der Waals surface area contributed by atoms with E-state index in [1.54, 1.807) is 11.6 Å². The molecule has 0 aliphatic carbocycles. The van der Waals surface area contributed by atoms with Gasteiger partial charge in [-0.3, -0.25) is 9.59 Å². The van der Waals surface area contributed by atoms with Gasteiger partial charge >= 0.3 is 6.36 Å². The molecule has 33 heavy (non-hydrogen) atoms. The lowest BCUT2D eigenvalue weighted by Crippen LogP contribution is -2.29. The van der Waals surface area contributed by atoms with E-state index in [1.165, 1.54) is 18.3 Å². The van der Waals surface area contributed by atoms with Gasteiger partial charge in [0.2, 0.25) is 0 Å². The lowest BCUT2D eigenvalue weighted by atomic mass is 10.1. The number of aromatic nitrogens is 3. The molecular weight excluding hydrogens is 437 g/mol. The highest BCUT2D eigenvalue weighted by atomic mass is 19.4. The van der Waals surface area contributed by atoms with Crippen molar-refractivity contribution in [3.63, 3.8) is 0 Å². The number of hydrogen-bond donors (Lipinski definition) is 0. The van der Waals surface area contributed by atoms with Crippen LogP contribution in [0.3, 0.4) is 0 Å². The summed E-state index contributed by atoms with van der Waals surface area (Å²) in [5, 5.41) is 4.94. The number of aryl methyl sites for hydroxylation is 1. The van der Waals surface area contributed by atoms with Crippen molar-refractivity contribution in [2.75, 3.05) is 4.90 Å². The summed E-state index contributed by atoms with van der Waals surface area (Å²) in [6.07, 6.45) is -3.60. The Kier molecular flexibility index (Phi) is 4.66. The Labute approximate surface area is 185 Å². The number of nitrogens with zero attached hydrogens (tertiary/aromatic N) is 4. The number of imide groups is 1. The van der Waals surface area contributed by atoms with Crippen molar-refractivity contribution in [3.8, 4) is 5.75 Å². The first-order valence-electron chi connectivity index (χ1n) is 9.87. The molecule has 4 aromatic rings. The minimum absolute atomic E-state index is 0.0366. The van der Waals surface area contributed by atoms with Crippen LogP contribution in [0.5, 0.6) is 5.75 Å². The molecule has 2 amide bonds. The van der Waals surface area contributed by atoms with Gasteiger partial charge in [0, 0.05) is 12.3 Å². The molecule has 0 N–H and O–H groups in total. The van der Waals surface area contributed by atoms with E-state index >= 15 is 0 Å². The number of halogens is 3. The molecule has 3 heterocycles. The van der Waals surface area contributed by atoms with Crippen molar-refractivity contribution in [2.45, 2.75) is 19.8 Å². The van der Waals surface area contributed by atoms with Crippen LogP contribution in [0.1, 0.15) is 32.0 Å². The molecule has 1 aliphatic heterocycles. The lowest BCUT2D eigenvalue weighted by Gasteiger charge is -2.15. The van der Waals surface area contributed by atoms with Gasteiger partial charge in [0.1, 0.15) is 5.75 Å².